The number of hydrogen-bond acceptors (Lipinski definition) is 6. The zero-order valence-electron chi connectivity index (χ0n) is 19.0. The first-order chi connectivity index (χ1) is 16.3. The molecule has 172 valence electrons. The van der Waals surface area contributed by atoms with E-state index in [0.717, 1.165) is 11.1 Å². The van der Waals surface area contributed by atoms with E-state index >= 15 is 0 Å². The average molecular weight is 457 g/mol. The summed E-state index contributed by atoms with van der Waals surface area (Å²) < 4.78 is 11.2. The van der Waals surface area contributed by atoms with Crippen LogP contribution in [0.25, 0.3) is 6.08 Å². The molecule has 0 saturated heterocycles. The number of hydrogen-bond donors (Lipinski definition) is 1. The minimum atomic E-state index is -0.513. The van der Waals surface area contributed by atoms with Crippen molar-refractivity contribution in [2.45, 2.75) is 20.5 Å². The number of non-ortho nitro benzene ring substituents is 1. The molecule has 0 fully saturated rings. The molecule has 8 heteroatoms. The van der Waals surface area contributed by atoms with Crippen LogP contribution in [0.4, 0.5) is 11.4 Å². The van der Waals surface area contributed by atoms with E-state index in [1.54, 1.807) is 30.3 Å². The van der Waals surface area contributed by atoms with E-state index in [0.29, 0.717) is 28.3 Å². The Hall–Kier alpha value is -4.64. The van der Waals surface area contributed by atoms with E-state index in [1.807, 2.05) is 38.1 Å². The molecule has 0 aliphatic carbocycles. The normalized spacial score (nSPS) is 10.8. The number of carbonyl (C=O) groups is 1. The summed E-state index contributed by atoms with van der Waals surface area (Å²) in [6.07, 6.45) is 1.47. The molecule has 0 radical (unpaired) electrons. The average Bonchev–Trinajstić information content (AvgIpc) is 2.83. The molecule has 34 heavy (non-hydrogen) atoms. The van der Waals surface area contributed by atoms with Crippen molar-refractivity contribution in [2.24, 2.45) is 0 Å². The minimum absolute atomic E-state index is 0.0169. The quantitative estimate of drug-likeness (QED) is 0.211. The third kappa shape index (κ3) is 5.99. The monoisotopic (exact) mass is 457 g/mol. The molecule has 1 N–H and O–H groups in total. The number of rotatable bonds is 8. The van der Waals surface area contributed by atoms with Gasteiger partial charge in [0.15, 0.2) is 11.5 Å². The Kier molecular flexibility index (Phi) is 7.62. The molecule has 3 aromatic carbocycles. The largest absolute Gasteiger partial charge is 0.493 e. The lowest BCUT2D eigenvalue weighted by Crippen LogP contribution is -2.14. The van der Waals surface area contributed by atoms with Crippen molar-refractivity contribution in [1.29, 1.82) is 5.26 Å². The van der Waals surface area contributed by atoms with Gasteiger partial charge in [0.05, 0.1) is 12.0 Å². The Morgan fingerprint density at radius 1 is 1.12 bits per heavy atom. The lowest BCUT2D eigenvalue weighted by Gasteiger charge is -2.12. The summed E-state index contributed by atoms with van der Waals surface area (Å²) in [4.78, 5) is 23.1. The molecule has 0 bridgehead atoms. The van der Waals surface area contributed by atoms with Crippen molar-refractivity contribution < 1.29 is 19.2 Å². The van der Waals surface area contributed by atoms with Gasteiger partial charge in [-0.1, -0.05) is 30.3 Å². The first-order valence-electron chi connectivity index (χ1n) is 10.3. The van der Waals surface area contributed by atoms with Crippen molar-refractivity contribution in [3.63, 3.8) is 0 Å². The lowest BCUT2D eigenvalue weighted by atomic mass is 10.1. The molecule has 8 nitrogen and oxygen atoms in total. The Morgan fingerprint density at radius 3 is 2.62 bits per heavy atom. The highest BCUT2D eigenvalue weighted by atomic mass is 16.6. The molecule has 1 amide bonds. The molecule has 3 aromatic rings. The summed E-state index contributed by atoms with van der Waals surface area (Å²) in [5.74, 6) is 0.303. The predicted molar refractivity (Wildman–Crippen MR) is 129 cm³/mol. The summed E-state index contributed by atoms with van der Waals surface area (Å²) in [5.41, 5.74) is 3.66. The number of nitro groups is 1. The summed E-state index contributed by atoms with van der Waals surface area (Å²) in [5, 5.41) is 23.3. The van der Waals surface area contributed by atoms with Crippen molar-refractivity contribution >= 4 is 23.4 Å². The van der Waals surface area contributed by atoms with E-state index in [4.69, 9.17) is 9.47 Å². The Morgan fingerprint density at radius 2 is 1.91 bits per heavy atom. The summed E-state index contributed by atoms with van der Waals surface area (Å²) in [7, 11) is 1.47. The van der Waals surface area contributed by atoms with Gasteiger partial charge in [0, 0.05) is 17.8 Å². The number of anilines is 1. The highest BCUT2D eigenvalue weighted by Crippen LogP contribution is 2.30. The smallest absolute Gasteiger partial charge is 0.269 e. The number of nitrogens with one attached hydrogen (secondary N) is 1. The van der Waals surface area contributed by atoms with Gasteiger partial charge in [0.1, 0.15) is 18.2 Å². The fourth-order valence-corrected chi connectivity index (χ4v) is 3.19. The summed E-state index contributed by atoms with van der Waals surface area (Å²) in [6.45, 7) is 3.90. The molecule has 0 heterocycles. The molecule has 0 spiro atoms. The van der Waals surface area contributed by atoms with Gasteiger partial charge in [-0.2, -0.15) is 5.26 Å². The maximum atomic E-state index is 12.7. The second kappa shape index (κ2) is 10.8. The number of amides is 1. The number of nitro benzene ring substituents is 1. The maximum Gasteiger partial charge on any atom is 0.269 e. The SMILES string of the molecule is COc1cc(/C=C(\C#N)C(=O)Nc2cc(C)ccc2C)ccc1OCc1cccc([N+](=O)[O-])c1. The van der Waals surface area contributed by atoms with Crippen LogP contribution in [0, 0.1) is 35.3 Å². The lowest BCUT2D eigenvalue weighted by molar-refractivity contribution is -0.384. The van der Waals surface area contributed by atoms with E-state index in [1.165, 1.54) is 25.3 Å². The molecule has 3 rings (SSSR count). The van der Waals surface area contributed by atoms with Crippen molar-refractivity contribution in [3.05, 3.63) is 98.6 Å². The molecular formula is C26H23N3O5. The first kappa shape index (κ1) is 24.0. The van der Waals surface area contributed by atoms with Crippen molar-refractivity contribution in [3.8, 4) is 17.6 Å². The second-order valence-electron chi connectivity index (χ2n) is 7.57. The number of nitriles is 1. The third-order valence-electron chi connectivity index (χ3n) is 5.02. The van der Waals surface area contributed by atoms with Crippen LogP contribution in [0.5, 0.6) is 11.5 Å². The molecule has 0 aromatic heterocycles. The van der Waals surface area contributed by atoms with Crippen LogP contribution in [0.3, 0.4) is 0 Å². The van der Waals surface area contributed by atoms with Gasteiger partial charge in [-0.3, -0.25) is 14.9 Å². The highest BCUT2D eigenvalue weighted by molar-refractivity contribution is 6.10. The fourth-order valence-electron chi connectivity index (χ4n) is 3.19. The van der Waals surface area contributed by atoms with Crippen LogP contribution in [0.1, 0.15) is 22.3 Å². The number of ether oxygens (including phenoxy) is 2. The number of aryl methyl sites for hydroxylation is 2. The number of methoxy groups -OCH3 is 1. The minimum Gasteiger partial charge on any atom is -0.493 e. The second-order valence-corrected chi connectivity index (χ2v) is 7.57. The molecular weight excluding hydrogens is 434 g/mol. The number of nitrogens with zero attached hydrogens (tertiary/aromatic N) is 2. The van der Waals surface area contributed by atoms with Gasteiger partial charge in [-0.25, -0.2) is 0 Å². The summed E-state index contributed by atoms with van der Waals surface area (Å²) in [6, 6.07) is 18.8. The number of carbonyl (C=O) groups excluding carboxylic acids is 1. The Bertz CT molecular complexity index is 1310. The first-order valence-corrected chi connectivity index (χ1v) is 10.3. The predicted octanol–water partition coefficient (Wildman–Crippen LogP) is 5.34. The fraction of sp³-hybridized carbons (Fsp3) is 0.154. The Labute approximate surface area is 197 Å². The van der Waals surface area contributed by atoms with Crippen molar-refractivity contribution in [2.75, 3.05) is 12.4 Å². The van der Waals surface area contributed by atoms with Gasteiger partial charge < -0.3 is 14.8 Å². The van der Waals surface area contributed by atoms with Crippen LogP contribution < -0.4 is 14.8 Å². The van der Waals surface area contributed by atoms with E-state index < -0.39 is 10.8 Å². The van der Waals surface area contributed by atoms with E-state index in [-0.39, 0.29) is 17.9 Å². The molecule has 0 atom stereocenters. The van der Waals surface area contributed by atoms with E-state index in [9.17, 15) is 20.2 Å². The molecule has 0 aliphatic heterocycles. The van der Waals surface area contributed by atoms with Crippen LogP contribution in [-0.4, -0.2) is 17.9 Å². The van der Waals surface area contributed by atoms with Gasteiger partial charge in [-0.15, -0.1) is 0 Å². The highest BCUT2D eigenvalue weighted by Gasteiger charge is 2.13. The van der Waals surface area contributed by atoms with Gasteiger partial charge in [0.2, 0.25) is 0 Å². The zero-order chi connectivity index (χ0) is 24.7. The summed E-state index contributed by atoms with van der Waals surface area (Å²) >= 11 is 0. The molecule has 0 aliphatic rings. The van der Waals surface area contributed by atoms with Crippen LogP contribution in [-0.2, 0) is 11.4 Å². The zero-order valence-corrected chi connectivity index (χ0v) is 19.0. The van der Waals surface area contributed by atoms with E-state index in [2.05, 4.69) is 5.32 Å². The van der Waals surface area contributed by atoms with Gasteiger partial charge in [-0.05, 0) is 60.4 Å². The van der Waals surface area contributed by atoms with Crippen LogP contribution >= 0.6 is 0 Å². The Balaban J connectivity index is 1.77. The van der Waals surface area contributed by atoms with Gasteiger partial charge in [0.25, 0.3) is 11.6 Å². The van der Waals surface area contributed by atoms with Crippen LogP contribution in [0.2, 0.25) is 0 Å². The maximum absolute atomic E-state index is 12.7. The standard InChI is InChI=1S/C26H23N3O5/c1-17-7-8-18(2)23(11-17)28-26(30)21(15-27)12-19-9-10-24(25(14-19)33-3)34-16-20-5-4-6-22(13-20)29(31)32/h4-14H,16H2,1-3H3,(H,28,30)/b21-12+. The molecule has 0 unspecified atom stereocenters. The topological polar surface area (TPSA) is 114 Å². The number of benzene rings is 3. The molecule has 0 saturated carbocycles. The third-order valence-corrected chi connectivity index (χ3v) is 5.02. The van der Waals surface area contributed by atoms with Gasteiger partial charge >= 0.3 is 0 Å². The van der Waals surface area contributed by atoms with Crippen molar-refractivity contribution in [1.82, 2.24) is 0 Å². The van der Waals surface area contributed by atoms with Crippen LogP contribution in [0.15, 0.2) is 66.2 Å².